The molecule has 1 aliphatic heterocycles. The lowest BCUT2D eigenvalue weighted by atomic mass is 9.99. The summed E-state index contributed by atoms with van der Waals surface area (Å²) >= 11 is 6.28. The van der Waals surface area contributed by atoms with E-state index >= 15 is 0 Å². The number of ether oxygens (including phenoxy) is 1. The molecule has 0 aromatic heterocycles. The summed E-state index contributed by atoms with van der Waals surface area (Å²) in [6, 6.07) is 21.6. The molecule has 1 heterocycles. The molecule has 4 rings (SSSR count). The van der Waals surface area contributed by atoms with Crippen LogP contribution in [0.1, 0.15) is 30.0 Å². The first kappa shape index (κ1) is 19.5. The van der Waals surface area contributed by atoms with E-state index in [1.54, 1.807) is 12.1 Å². The van der Waals surface area contributed by atoms with Crippen LogP contribution in [0.2, 0.25) is 5.02 Å². The zero-order chi connectivity index (χ0) is 20.4. The molecule has 1 atom stereocenters. The summed E-state index contributed by atoms with van der Waals surface area (Å²) in [7, 11) is 0. The van der Waals surface area contributed by atoms with Crippen LogP contribution in [0.3, 0.4) is 0 Å². The molecule has 0 unspecified atom stereocenters. The molecule has 0 aliphatic carbocycles. The largest absolute Gasteiger partial charge is 0.573 e. The number of alkyl halides is 3. The van der Waals surface area contributed by atoms with E-state index in [2.05, 4.69) is 4.74 Å². The zero-order valence-electron chi connectivity index (χ0n) is 15.3. The normalized spacial score (nSPS) is 16.6. The van der Waals surface area contributed by atoms with Crippen molar-refractivity contribution < 1.29 is 17.9 Å². The van der Waals surface area contributed by atoms with Crippen LogP contribution in [-0.4, -0.2) is 12.1 Å². The van der Waals surface area contributed by atoms with Crippen LogP contribution in [-0.2, 0) is 0 Å². The molecular weight excluding hydrogens is 399 g/mol. The number of nitrogens with zero attached hydrogens (tertiary/aromatic N) is 1. The average molecular weight is 416 g/mol. The lowest BCUT2D eigenvalue weighted by Crippen LogP contribution is -2.16. The first-order valence-electron chi connectivity index (χ1n) is 9.17. The second-order valence-corrected chi connectivity index (χ2v) is 7.21. The maximum atomic E-state index is 12.3. The van der Waals surface area contributed by atoms with Gasteiger partial charge in [-0.2, -0.15) is 0 Å². The van der Waals surface area contributed by atoms with Crippen LogP contribution in [0.5, 0.6) is 5.75 Å². The quantitative estimate of drug-likeness (QED) is 0.440. The van der Waals surface area contributed by atoms with E-state index in [4.69, 9.17) is 16.6 Å². The Hall–Kier alpha value is -2.79. The summed E-state index contributed by atoms with van der Waals surface area (Å²) in [5.74, 6) is -0.231. The molecule has 6 heteroatoms. The van der Waals surface area contributed by atoms with E-state index in [0.717, 1.165) is 40.8 Å². The Bertz CT molecular complexity index is 1030. The van der Waals surface area contributed by atoms with Gasteiger partial charge in [-0.15, -0.1) is 13.2 Å². The van der Waals surface area contributed by atoms with Crippen molar-refractivity contribution in [1.29, 1.82) is 0 Å². The maximum Gasteiger partial charge on any atom is 0.573 e. The lowest BCUT2D eigenvalue weighted by Gasteiger charge is -2.10. The molecular formula is C23H17ClF3NO. The summed E-state index contributed by atoms with van der Waals surface area (Å²) in [5, 5.41) is 0.709. The molecule has 1 aliphatic rings. The van der Waals surface area contributed by atoms with E-state index < -0.39 is 6.36 Å². The van der Waals surface area contributed by atoms with Gasteiger partial charge in [0.05, 0.1) is 6.04 Å². The summed E-state index contributed by atoms with van der Waals surface area (Å²) in [6.07, 6.45) is -2.89. The molecule has 0 bridgehead atoms. The first-order chi connectivity index (χ1) is 13.9. The highest BCUT2D eigenvalue weighted by Gasteiger charge is 2.31. The van der Waals surface area contributed by atoms with Crippen molar-refractivity contribution >= 4 is 17.3 Å². The zero-order valence-corrected chi connectivity index (χ0v) is 16.0. The summed E-state index contributed by atoms with van der Waals surface area (Å²) in [4.78, 5) is 4.85. The molecule has 148 valence electrons. The Labute approximate surface area is 171 Å². The van der Waals surface area contributed by atoms with E-state index in [1.165, 1.54) is 12.1 Å². The Morgan fingerprint density at radius 2 is 1.48 bits per heavy atom. The number of benzene rings is 3. The van der Waals surface area contributed by atoms with Crippen LogP contribution < -0.4 is 4.74 Å². The van der Waals surface area contributed by atoms with Crippen LogP contribution in [0.4, 0.5) is 13.2 Å². The molecule has 3 aromatic rings. The van der Waals surface area contributed by atoms with Gasteiger partial charge in [-0.05, 0) is 47.7 Å². The summed E-state index contributed by atoms with van der Waals surface area (Å²) < 4.78 is 40.7. The van der Waals surface area contributed by atoms with Crippen LogP contribution in [0.25, 0.3) is 11.1 Å². The van der Waals surface area contributed by atoms with Crippen LogP contribution in [0.15, 0.2) is 77.8 Å². The highest BCUT2D eigenvalue weighted by atomic mass is 35.5. The number of rotatable bonds is 4. The van der Waals surface area contributed by atoms with Crippen molar-refractivity contribution in [1.82, 2.24) is 0 Å². The number of hydrogen-bond acceptors (Lipinski definition) is 2. The van der Waals surface area contributed by atoms with E-state index in [9.17, 15) is 13.2 Å². The minimum absolute atomic E-state index is 0.0814. The third-order valence-electron chi connectivity index (χ3n) is 4.87. The number of halogens is 4. The van der Waals surface area contributed by atoms with Gasteiger partial charge in [0.25, 0.3) is 0 Å². The molecule has 2 nitrogen and oxygen atoms in total. The molecule has 0 radical (unpaired) electrons. The minimum atomic E-state index is -4.69. The molecule has 29 heavy (non-hydrogen) atoms. The second kappa shape index (κ2) is 7.91. The topological polar surface area (TPSA) is 21.6 Å². The van der Waals surface area contributed by atoms with Gasteiger partial charge in [-0.3, -0.25) is 4.99 Å². The SMILES string of the molecule is FC(F)(F)Oc1ccc(-c2ccc([C@H]3CCC(c4ccccc4Cl)=N3)cc2)cc1. The molecule has 0 saturated heterocycles. The molecule has 0 N–H and O–H groups in total. The fourth-order valence-electron chi connectivity index (χ4n) is 3.48. The van der Waals surface area contributed by atoms with Gasteiger partial charge < -0.3 is 4.74 Å². The molecule has 0 spiro atoms. The smallest absolute Gasteiger partial charge is 0.406 e. The lowest BCUT2D eigenvalue weighted by molar-refractivity contribution is -0.274. The van der Waals surface area contributed by atoms with Crippen molar-refractivity contribution in [2.45, 2.75) is 25.2 Å². The Morgan fingerprint density at radius 1 is 0.862 bits per heavy atom. The third-order valence-corrected chi connectivity index (χ3v) is 5.20. The maximum absolute atomic E-state index is 12.3. The minimum Gasteiger partial charge on any atom is -0.406 e. The highest BCUT2D eigenvalue weighted by Crippen LogP contribution is 2.34. The first-order valence-corrected chi connectivity index (χ1v) is 9.54. The number of hydrogen-bond donors (Lipinski definition) is 0. The van der Waals surface area contributed by atoms with Gasteiger partial charge in [-0.25, -0.2) is 0 Å². The van der Waals surface area contributed by atoms with Gasteiger partial charge in [0.2, 0.25) is 0 Å². The average Bonchev–Trinajstić information content (AvgIpc) is 3.18. The Kier molecular flexibility index (Phi) is 5.33. The van der Waals surface area contributed by atoms with Crippen molar-refractivity contribution in [3.63, 3.8) is 0 Å². The van der Waals surface area contributed by atoms with Crippen LogP contribution >= 0.6 is 11.6 Å². The van der Waals surface area contributed by atoms with Gasteiger partial charge >= 0.3 is 6.36 Å². The standard InChI is InChI=1S/C23H17ClF3NO/c24-20-4-2-1-3-19(20)22-14-13-21(28-22)17-7-5-15(6-8-17)16-9-11-18(12-10-16)29-23(25,26)27/h1-12,21H,13-14H2/t21-/m1/s1. The van der Waals surface area contributed by atoms with Gasteiger partial charge in [0.1, 0.15) is 5.75 Å². The van der Waals surface area contributed by atoms with Crippen molar-refractivity contribution in [2.24, 2.45) is 4.99 Å². The van der Waals surface area contributed by atoms with E-state index in [-0.39, 0.29) is 11.8 Å². The fraction of sp³-hybridized carbons (Fsp3) is 0.174. The monoisotopic (exact) mass is 415 g/mol. The third kappa shape index (κ3) is 4.62. The fourth-order valence-corrected chi connectivity index (χ4v) is 3.72. The van der Waals surface area contributed by atoms with Gasteiger partial charge in [0.15, 0.2) is 0 Å². The Balaban J connectivity index is 1.49. The molecule has 0 amide bonds. The van der Waals surface area contributed by atoms with Crippen LogP contribution in [0, 0.1) is 0 Å². The highest BCUT2D eigenvalue weighted by molar-refractivity contribution is 6.34. The number of aliphatic imine (C=N–C) groups is 1. The second-order valence-electron chi connectivity index (χ2n) is 6.80. The molecule has 0 saturated carbocycles. The summed E-state index contributed by atoms with van der Waals surface area (Å²) in [6.45, 7) is 0. The van der Waals surface area contributed by atoms with E-state index in [1.807, 2.05) is 48.5 Å². The van der Waals surface area contributed by atoms with Crippen molar-refractivity contribution in [3.05, 3.63) is 88.9 Å². The van der Waals surface area contributed by atoms with Gasteiger partial charge in [0, 0.05) is 16.3 Å². The van der Waals surface area contributed by atoms with Gasteiger partial charge in [-0.1, -0.05) is 66.2 Å². The summed E-state index contributed by atoms with van der Waals surface area (Å²) in [5.41, 5.74) is 4.84. The van der Waals surface area contributed by atoms with Crippen molar-refractivity contribution in [2.75, 3.05) is 0 Å². The van der Waals surface area contributed by atoms with Crippen molar-refractivity contribution in [3.8, 4) is 16.9 Å². The predicted octanol–water partition coefficient (Wildman–Crippen LogP) is 7.23. The molecule has 3 aromatic carbocycles. The molecule has 0 fully saturated rings. The van der Waals surface area contributed by atoms with E-state index in [0.29, 0.717) is 5.02 Å². The Morgan fingerprint density at radius 3 is 2.10 bits per heavy atom. The predicted molar refractivity (Wildman–Crippen MR) is 109 cm³/mol.